The van der Waals surface area contributed by atoms with E-state index in [1.165, 1.54) is 18.2 Å². The largest absolute Gasteiger partial charge is 0.358 e. The highest BCUT2D eigenvalue weighted by atomic mass is 35.5. The van der Waals surface area contributed by atoms with Crippen LogP contribution in [0.3, 0.4) is 0 Å². The van der Waals surface area contributed by atoms with Gasteiger partial charge in [0.15, 0.2) is 0 Å². The Morgan fingerprint density at radius 1 is 1.22 bits per heavy atom. The van der Waals surface area contributed by atoms with Crippen molar-refractivity contribution in [1.29, 1.82) is 0 Å². The van der Waals surface area contributed by atoms with E-state index in [9.17, 15) is 13.6 Å². The number of fused-ring (bicyclic) bond motifs is 1. The van der Waals surface area contributed by atoms with Gasteiger partial charge >= 0.3 is 0 Å². The van der Waals surface area contributed by atoms with Gasteiger partial charge in [-0.2, -0.15) is 0 Å². The van der Waals surface area contributed by atoms with Crippen LogP contribution in [0.1, 0.15) is 29.7 Å². The molecule has 1 aromatic heterocycles. The first-order valence-electron chi connectivity index (χ1n) is 8.93. The summed E-state index contributed by atoms with van der Waals surface area (Å²) in [5, 5.41) is 1.03. The number of nitrogens with one attached hydrogen (secondary N) is 1. The minimum atomic E-state index is -0.411. The molecule has 0 bridgehead atoms. The molecule has 140 valence electrons. The zero-order chi connectivity index (χ0) is 19.1. The molecule has 1 heterocycles. The number of hydrogen-bond acceptors (Lipinski definition) is 1. The van der Waals surface area contributed by atoms with Gasteiger partial charge in [-0.3, -0.25) is 4.79 Å². The van der Waals surface area contributed by atoms with Crippen LogP contribution in [0.25, 0.3) is 10.9 Å². The molecule has 1 amide bonds. The molecule has 27 heavy (non-hydrogen) atoms. The number of aromatic amines is 1. The third-order valence-electron chi connectivity index (χ3n) is 5.11. The Hall–Kier alpha value is -2.40. The minimum absolute atomic E-state index is 0.106. The van der Waals surface area contributed by atoms with Gasteiger partial charge in [-0.1, -0.05) is 17.7 Å². The second kappa shape index (κ2) is 6.97. The van der Waals surface area contributed by atoms with Crippen molar-refractivity contribution in [3.8, 4) is 0 Å². The molecule has 0 spiro atoms. The van der Waals surface area contributed by atoms with Gasteiger partial charge in [0, 0.05) is 33.2 Å². The van der Waals surface area contributed by atoms with Crippen LogP contribution in [0.2, 0.25) is 5.02 Å². The Labute approximate surface area is 160 Å². The summed E-state index contributed by atoms with van der Waals surface area (Å²) >= 11 is 6.14. The van der Waals surface area contributed by atoms with E-state index in [0.717, 1.165) is 29.6 Å². The van der Waals surface area contributed by atoms with E-state index in [4.69, 9.17) is 11.6 Å². The Morgan fingerprint density at radius 3 is 2.70 bits per heavy atom. The summed E-state index contributed by atoms with van der Waals surface area (Å²) in [5.74, 6) is -0.858. The average molecular weight is 389 g/mol. The van der Waals surface area contributed by atoms with Gasteiger partial charge in [0.05, 0.1) is 13.0 Å². The average Bonchev–Trinajstić information content (AvgIpc) is 3.41. The molecule has 3 nitrogen and oxygen atoms in total. The predicted octanol–water partition coefficient (Wildman–Crippen LogP) is 5.14. The first-order valence-corrected chi connectivity index (χ1v) is 9.31. The van der Waals surface area contributed by atoms with E-state index in [2.05, 4.69) is 4.98 Å². The second-order valence-corrected chi connectivity index (χ2v) is 7.46. The summed E-state index contributed by atoms with van der Waals surface area (Å²) in [6, 6.07) is 9.14. The lowest BCUT2D eigenvalue weighted by Crippen LogP contribution is -2.34. The van der Waals surface area contributed by atoms with Crippen molar-refractivity contribution in [2.45, 2.75) is 38.8 Å². The number of benzene rings is 2. The number of carbonyl (C=O) groups excluding carboxylic acids is 1. The van der Waals surface area contributed by atoms with Crippen molar-refractivity contribution >= 4 is 28.4 Å². The molecule has 1 aliphatic carbocycles. The maximum absolute atomic E-state index is 14.2. The lowest BCUT2D eigenvalue weighted by Gasteiger charge is -2.23. The van der Waals surface area contributed by atoms with Crippen LogP contribution < -0.4 is 0 Å². The standard InChI is InChI=1S/C21H19ClF2N2O/c1-12-15(16-9-13(23)5-8-20(16)25-12)10-21(27)26(14-6-7-14)11-17-18(22)3-2-4-19(17)24/h2-5,8-9,14,25H,6-7,10-11H2,1H3. The fourth-order valence-electron chi connectivity index (χ4n) is 3.50. The number of halogens is 3. The van der Waals surface area contributed by atoms with E-state index in [-0.39, 0.29) is 30.7 Å². The van der Waals surface area contributed by atoms with E-state index >= 15 is 0 Å². The first-order chi connectivity index (χ1) is 12.9. The third kappa shape index (κ3) is 3.56. The third-order valence-corrected chi connectivity index (χ3v) is 5.46. The molecular weight excluding hydrogens is 370 g/mol. The van der Waals surface area contributed by atoms with Crippen molar-refractivity contribution in [2.24, 2.45) is 0 Å². The number of hydrogen-bond donors (Lipinski definition) is 1. The summed E-state index contributed by atoms with van der Waals surface area (Å²) in [6.45, 7) is 2.01. The minimum Gasteiger partial charge on any atom is -0.358 e. The summed E-state index contributed by atoms with van der Waals surface area (Å²) in [7, 11) is 0. The fourth-order valence-corrected chi connectivity index (χ4v) is 3.72. The van der Waals surface area contributed by atoms with Crippen LogP contribution in [0.4, 0.5) is 8.78 Å². The van der Waals surface area contributed by atoms with Crippen molar-refractivity contribution < 1.29 is 13.6 Å². The Bertz CT molecular complexity index is 1010. The SMILES string of the molecule is Cc1[nH]c2ccc(F)cc2c1CC(=O)N(Cc1c(F)cccc1Cl)C1CC1. The normalized spacial score (nSPS) is 13.9. The number of nitrogens with zero attached hydrogens (tertiary/aromatic N) is 1. The molecule has 0 unspecified atom stereocenters. The van der Waals surface area contributed by atoms with Crippen molar-refractivity contribution in [2.75, 3.05) is 0 Å². The number of aromatic nitrogens is 1. The summed E-state index contributed by atoms with van der Waals surface area (Å²) in [6.07, 6.45) is 1.94. The van der Waals surface area contributed by atoms with Crippen LogP contribution in [0.5, 0.6) is 0 Å². The van der Waals surface area contributed by atoms with Crippen LogP contribution in [-0.2, 0) is 17.8 Å². The Balaban J connectivity index is 1.63. The second-order valence-electron chi connectivity index (χ2n) is 7.05. The molecule has 1 N–H and O–H groups in total. The quantitative estimate of drug-likeness (QED) is 0.645. The smallest absolute Gasteiger partial charge is 0.227 e. The molecular formula is C21H19ClF2N2O. The number of rotatable bonds is 5. The molecule has 1 aliphatic rings. The highest BCUT2D eigenvalue weighted by molar-refractivity contribution is 6.31. The fraction of sp³-hybridized carbons (Fsp3) is 0.286. The van der Waals surface area contributed by atoms with E-state index in [1.807, 2.05) is 6.92 Å². The number of carbonyl (C=O) groups is 1. The van der Waals surface area contributed by atoms with Gasteiger partial charge in [0.1, 0.15) is 11.6 Å². The van der Waals surface area contributed by atoms with E-state index in [1.54, 1.807) is 23.1 Å². The lowest BCUT2D eigenvalue weighted by atomic mass is 10.1. The van der Waals surface area contributed by atoms with E-state index < -0.39 is 5.82 Å². The lowest BCUT2D eigenvalue weighted by molar-refractivity contribution is -0.131. The first kappa shape index (κ1) is 18.0. The number of aryl methyl sites for hydroxylation is 1. The van der Waals surface area contributed by atoms with Crippen molar-refractivity contribution in [3.63, 3.8) is 0 Å². The monoisotopic (exact) mass is 388 g/mol. The highest BCUT2D eigenvalue weighted by Gasteiger charge is 2.33. The number of H-pyrrole nitrogens is 1. The maximum atomic E-state index is 14.2. The predicted molar refractivity (Wildman–Crippen MR) is 102 cm³/mol. The molecule has 0 saturated heterocycles. The molecule has 3 aromatic rings. The molecule has 1 saturated carbocycles. The Kier molecular flexibility index (Phi) is 4.64. The van der Waals surface area contributed by atoms with Crippen molar-refractivity contribution in [3.05, 3.63) is 69.9 Å². The zero-order valence-corrected chi connectivity index (χ0v) is 15.6. The molecule has 0 atom stereocenters. The van der Waals surface area contributed by atoms with Crippen molar-refractivity contribution in [1.82, 2.24) is 9.88 Å². The van der Waals surface area contributed by atoms with Crippen LogP contribution in [0, 0.1) is 18.6 Å². The number of amides is 1. The van der Waals surface area contributed by atoms with Gasteiger partial charge in [-0.25, -0.2) is 8.78 Å². The Morgan fingerprint density at radius 2 is 2.00 bits per heavy atom. The summed E-state index contributed by atoms with van der Waals surface area (Å²) in [5.41, 5.74) is 2.75. The summed E-state index contributed by atoms with van der Waals surface area (Å²) in [4.78, 5) is 17.9. The zero-order valence-electron chi connectivity index (χ0n) is 14.9. The maximum Gasteiger partial charge on any atom is 0.227 e. The molecule has 2 aromatic carbocycles. The molecule has 1 fully saturated rings. The van der Waals surface area contributed by atoms with Gasteiger partial charge in [-0.15, -0.1) is 0 Å². The molecule has 6 heteroatoms. The highest BCUT2D eigenvalue weighted by Crippen LogP contribution is 2.32. The van der Waals surface area contributed by atoms with Gasteiger partial charge in [0.25, 0.3) is 0 Å². The molecule has 0 radical (unpaired) electrons. The van der Waals surface area contributed by atoms with E-state index in [0.29, 0.717) is 16.0 Å². The summed E-state index contributed by atoms with van der Waals surface area (Å²) < 4.78 is 27.9. The van der Waals surface area contributed by atoms with Gasteiger partial charge < -0.3 is 9.88 Å². The van der Waals surface area contributed by atoms with Gasteiger partial charge in [-0.05, 0) is 55.7 Å². The van der Waals surface area contributed by atoms with Crippen LogP contribution in [-0.4, -0.2) is 21.8 Å². The van der Waals surface area contributed by atoms with Crippen LogP contribution in [0.15, 0.2) is 36.4 Å². The topological polar surface area (TPSA) is 36.1 Å². The van der Waals surface area contributed by atoms with Gasteiger partial charge in [0.2, 0.25) is 5.91 Å². The molecule has 0 aliphatic heterocycles. The molecule has 4 rings (SSSR count). The van der Waals surface area contributed by atoms with Crippen LogP contribution >= 0.6 is 11.6 Å².